The van der Waals surface area contributed by atoms with Gasteiger partial charge in [-0.15, -0.1) is 0 Å². The Morgan fingerprint density at radius 2 is 2.18 bits per heavy atom. The molecular weight excluding hydrogens is 367 g/mol. The van der Waals surface area contributed by atoms with Gasteiger partial charge in [-0.3, -0.25) is 0 Å². The molecule has 1 aromatic carbocycles. The summed E-state index contributed by atoms with van der Waals surface area (Å²) in [5, 5.41) is 5.60. The maximum absolute atomic E-state index is 12.0. The highest BCUT2D eigenvalue weighted by molar-refractivity contribution is 9.10. The number of urea groups is 1. The van der Waals surface area contributed by atoms with Crippen molar-refractivity contribution in [1.82, 2.24) is 10.7 Å². The number of carbonyl (C=O) groups is 1. The third kappa shape index (κ3) is 4.90. The fraction of sp³-hybridized carbons (Fsp3) is 0.385. The highest BCUT2D eigenvalue weighted by Crippen LogP contribution is 2.27. The van der Waals surface area contributed by atoms with Crippen molar-refractivity contribution in [1.29, 1.82) is 0 Å². The van der Waals surface area contributed by atoms with Crippen LogP contribution < -0.4 is 15.5 Å². The summed E-state index contributed by atoms with van der Waals surface area (Å²) in [4.78, 5) is 11.3. The maximum Gasteiger partial charge on any atom is 0.405 e. The normalized spacial score (nSPS) is 16.5. The lowest BCUT2D eigenvalue weighted by Gasteiger charge is -2.10. The molecule has 2 rings (SSSR count). The third-order valence-electron chi connectivity index (χ3n) is 2.81. The first-order chi connectivity index (χ1) is 10.3. The van der Waals surface area contributed by atoms with E-state index < -0.39 is 18.8 Å². The standard InChI is InChI=1S/C13H13BrF3N3O2/c14-8-3-4-11-9(6-8)10(2-1-5-22-11)19-20-12(21)18-7-13(15,16)17/h3-4,6H,1-2,5,7H2,(H2,18,20,21)/b19-10+. The zero-order valence-electron chi connectivity index (χ0n) is 11.3. The number of benzene rings is 1. The van der Waals surface area contributed by atoms with Gasteiger partial charge in [0.15, 0.2) is 0 Å². The zero-order chi connectivity index (χ0) is 16.2. The first-order valence-electron chi connectivity index (χ1n) is 6.45. The van der Waals surface area contributed by atoms with Gasteiger partial charge < -0.3 is 10.1 Å². The Bertz CT molecular complexity index is 590. The van der Waals surface area contributed by atoms with Crippen LogP contribution in [0.2, 0.25) is 0 Å². The molecule has 0 fully saturated rings. The van der Waals surface area contributed by atoms with Gasteiger partial charge in [0.2, 0.25) is 0 Å². The molecule has 9 heteroatoms. The van der Waals surface area contributed by atoms with Crippen LogP contribution in [0, 0.1) is 0 Å². The van der Waals surface area contributed by atoms with Crippen LogP contribution in [0.5, 0.6) is 5.75 Å². The fourth-order valence-electron chi connectivity index (χ4n) is 1.86. The van der Waals surface area contributed by atoms with Crippen molar-refractivity contribution in [2.45, 2.75) is 19.0 Å². The van der Waals surface area contributed by atoms with Gasteiger partial charge in [0.1, 0.15) is 12.3 Å². The highest BCUT2D eigenvalue weighted by atomic mass is 79.9. The highest BCUT2D eigenvalue weighted by Gasteiger charge is 2.27. The van der Waals surface area contributed by atoms with Gasteiger partial charge in [-0.1, -0.05) is 15.9 Å². The van der Waals surface area contributed by atoms with Crippen molar-refractivity contribution >= 4 is 27.7 Å². The Balaban J connectivity index is 2.08. The van der Waals surface area contributed by atoms with Crippen LogP contribution in [0.3, 0.4) is 0 Å². The number of hydrogen-bond acceptors (Lipinski definition) is 3. The van der Waals surface area contributed by atoms with Gasteiger partial charge in [0.05, 0.1) is 12.3 Å². The first-order valence-corrected chi connectivity index (χ1v) is 7.24. The number of fused-ring (bicyclic) bond motifs is 1. The minimum absolute atomic E-state index is 0.508. The SMILES string of the molecule is O=C(NCC(F)(F)F)N/N=C1\CCCOc2ccc(Br)cc21. The molecule has 5 nitrogen and oxygen atoms in total. The monoisotopic (exact) mass is 379 g/mol. The van der Waals surface area contributed by atoms with Crippen LogP contribution in [0.25, 0.3) is 0 Å². The summed E-state index contributed by atoms with van der Waals surface area (Å²) in [6.07, 6.45) is -3.22. The van der Waals surface area contributed by atoms with Gasteiger partial charge in [-0.05, 0) is 31.0 Å². The topological polar surface area (TPSA) is 62.7 Å². The molecule has 0 aromatic heterocycles. The lowest BCUT2D eigenvalue weighted by molar-refractivity contribution is -0.122. The number of nitrogens with zero attached hydrogens (tertiary/aromatic N) is 1. The van der Waals surface area contributed by atoms with E-state index in [2.05, 4.69) is 26.5 Å². The molecule has 1 aromatic rings. The molecule has 0 unspecified atom stereocenters. The Labute approximate surface area is 133 Å². The average Bonchev–Trinajstić information content (AvgIpc) is 2.64. The lowest BCUT2D eigenvalue weighted by atomic mass is 10.1. The second kappa shape index (κ2) is 6.99. The van der Waals surface area contributed by atoms with Crippen molar-refractivity contribution < 1.29 is 22.7 Å². The molecular formula is C13H13BrF3N3O2. The summed E-state index contributed by atoms with van der Waals surface area (Å²) in [5.41, 5.74) is 3.33. The van der Waals surface area contributed by atoms with Crippen LogP contribution in [-0.2, 0) is 0 Å². The van der Waals surface area contributed by atoms with Crippen molar-refractivity contribution in [3.05, 3.63) is 28.2 Å². The number of halogens is 4. The van der Waals surface area contributed by atoms with Crippen molar-refractivity contribution in [3.63, 3.8) is 0 Å². The Kier molecular flexibility index (Phi) is 5.28. The van der Waals surface area contributed by atoms with Crippen LogP contribution in [0.15, 0.2) is 27.8 Å². The largest absolute Gasteiger partial charge is 0.493 e. The number of amides is 2. The summed E-state index contributed by atoms with van der Waals surface area (Å²) >= 11 is 3.33. The van der Waals surface area contributed by atoms with Crippen molar-refractivity contribution in [3.8, 4) is 5.75 Å². The number of hydrazone groups is 1. The molecule has 0 aliphatic carbocycles. The fourth-order valence-corrected chi connectivity index (χ4v) is 2.23. The van der Waals surface area contributed by atoms with E-state index in [0.29, 0.717) is 36.5 Å². The van der Waals surface area contributed by atoms with Gasteiger partial charge in [0.25, 0.3) is 0 Å². The summed E-state index contributed by atoms with van der Waals surface area (Å²) in [5.74, 6) is 0.622. The van der Waals surface area contributed by atoms with Crippen LogP contribution in [-0.4, -0.2) is 31.1 Å². The molecule has 0 saturated carbocycles. The van der Waals surface area contributed by atoms with Gasteiger partial charge in [0, 0.05) is 10.0 Å². The predicted octanol–water partition coefficient (Wildman–Crippen LogP) is 3.19. The molecule has 22 heavy (non-hydrogen) atoms. The number of hydrogen-bond donors (Lipinski definition) is 2. The molecule has 0 atom stereocenters. The van der Waals surface area contributed by atoms with E-state index >= 15 is 0 Å². The van der Waals surface area contributed by atoms with E-state index in [9.17, 15) is 18.0 Å². The molecule has 120 valence electrons. The van der Waals surface area contributed by atoms with Crippen LogP contribution in [0.4, 0.5) is 18.0 Å². The van der Waals surface area contributed by atoms with Gasteiger partial charge in [-0.2, -0.15) is 18.3 Å². The minimum atomic E-state index is -4.46. The smallest absolute Gasteiger partial charge is 0.405 e. The Morgan fingerprint density at radius 1 is 1.41 bits per heavy atom. The van der Waals surface area contributed by atoms with Gasteiger partial charge in [-0.25, -0.2) is 10.2 Å². The maximum atomic E-state index is 12.0. The van der Waals surface area contributed by atoms with E-state index in [1.54, 1.807) is 17.4 Å². The number of carbonyl (C=O) groups excluding carboxylic acids is 1. The van der Waals surface area contributed by atoms with Gasteiger partial charge >= 0.3 is 12.2 Å². The zero-order valence-corrected chi connectivity index (χ0v) is 12.9. The van der Waals surface area contributed by atoms with Crippen LogP contribution in [0.1, 0.15) is 18.4 Å². The quantitative estimate of drug-likeness (QED) is 0.775. The summed E-state index contributed by atoms with van der Waals surface area (Å²) in [6.45, 7) is -0.900. The number of ether oxygens (including phenoxy) is 1. The van der Waals surface area contributed by atoms with E-state index in [0.717, 1.165) is 4.47 Å². The second-order valence-electron chi connectivity index (χ2n) is 4.56. The molecule has 0 saturated heterocycles. The van der Waals surface area contributed by atoms with E-state index in [4.69, 9.17) is 4.74 Å². The summed E-state index contributed by atoms with van der Waals surface area (Å²) in [6, 6.07) is 4.36. The number of nitrogens with one attached hydrogen (secondary N) is 2. The first kappa shape index (κ1) is 16.6. The molecule has 1 aliphatic rings. The van der Waals surface area contributed by atoms with E-state index in [1.165, 1.54) is 0 Å². The molecule has 0 bridgehead atoms. The lowest BCUT2D eigenvalue weighted by Crippen LogP contribution is -2.39. The third-order valence-corrected chi connectivity index (χ3v) is 3.30. The second-order valence-corrected chi connectivity index (χ2v) is 5.48. The van der Waals surface area contributed by atoms with E-state index in [-0.39, 0.29) is 0 Å². The summed E-state index contributed by atoms with van der Waals surface area (Å²) < 4.78 is 42.4. The molecule has 1 aliphatic heterocycles. The number of alkyl halides is 3. The molecule has 2 amide bonds. The minimum Gasteiger partial charge on any atom is -0.493 e. The van der Waals surface area contributed by atoms with E-state index in [1.807, 2.05) is 6.07 Å². The molecule has 2 N–H and O–H groups in total. The molecule has 0 spiro atoms. The van der Waals surface area contributed by atoms with Crippen LogP contribution >= 0.6 is 15.9 Å². The van der Waals surface area contributed by atoms with Crippen molar-refractivity contribution in [2.24, 2.45) is 5.10 Å². The number of rotatable bonds is 2. The Morgan fingerprint density at radius 3 is 2.91 bits per heavy atom. The predicted molar refractivity (Wildman–Crippen MR) is 78.0 cm³/mol. The molecule has 0 radical (unpaired) electrons. The average molecular weight is 380 g/mol. The van der Waals surface area contributed by atoms with Crippen molar-refractivity contribution in [2.75, 3.05) is 13.2 Å². The Hall–Kier alpha value is -1.77. The summed E-state index contributed by atoms with van der Waals surface area (Å²) in [7, 11) is 0. The molecule has 1 heterocycles.